The number of methoxy groups -OCH3 is 3. The average Bonchev–Trinajstić information content (AvgIpc) is 2.34. The van der Waals surface area contributed by atoms with Crippen molar-refractivity contribution in [1.29, 1.82) is 0 Å². The second-order valence-corrected chi connectivity index (χ2v) is 4.69. The van der Waals surface area contributed by atoms with Crippen LogP contribution in [0.3, 0.4) is 0 Å². The predicted octanol–water partition coefficient (Wildman–Crippen LogP) is 0.573. The quantitative estimate of drug-likeness (QED) is 0.691. The zero-order valence-electron chi connectivity index (χ0n) is 11.9. The first-order chi connectivity index (χ1) is 7.71. The molecule has 0 heterocycles. The highest BCUT2D eigenvalue weighted by atomic mass is 16.6. The monoisotopic (exact) mass is 250 g/mol. The molecule has 104 valence electrons. The zero-order chi connectivity index (χ0) is 13.9. The van der Waals surface area contributed by atoms with Crippen molar-refractivity contribution in [3.8, 4) is 0 Å². The van der Waals surface area contributed by atoms with Crippen LogP contribution < -0.4 is 0 Å². The summed E-state index contributed by atoms with van der Waals surface area (Å²) in [6.45, 7) is 6.82. The molecule has 5 atom stereocenters. The highest BCUT2D eigenvalue weighted by molar-refractivity contribution is 5.06. The van der Waals surface area contributed by atoms with Crippen molar-refractivity contribution in [2.45, 2.75) is 57.2 Å². The van der Waals surface area contributed by atoms with E-state index >= 15 is 0 Å². The fourth-order valence-electron chi connectivity index (χ4n) is 2.07. The summed E-state index contributed by atoms with van der Waals surface area (Å²) in [5.41, 5.74) is -1.99. The van der Waals surface area contributed by atoms with E-state index in [4.69, 9.17) is 14.2 Å². The third-order valence-corrected chi connectivity index (χ3v) is 3.98. The first-order valence-electron chi connectivity index (χ1n) is 5.70. The molecule has 17 heavy (non-hydrogen) atoms. The van der Waals surface area contributed by atoms with E-state index in [-0.39, 0.29) is 6.10 Å². The molecule has 0 saturated carbocycles. The molecule has 0 amide bonds. The van der Waals surface area contributed by atoms with E-state index in [2.05, 4.69) is 0 Å². The molecule has 5 heteroatoms. The summed E-state index contributed by atoms with van der Waals surface area (Å²) in [6.07, 6.45) is -2.33. The molecule has 0 spiro atoms. The van der Waals surface area contributed by atoms with Gasteiger partial charge < -0.3 is 24.4 Å². The van der Waals surface area contributed by atoms with Crippen LogP contribution in [0.5, 0.6) is 0 Å². The van der Waals surface area contributed by atoms with Crippen molar-refractivity contribution in [2.24, 2.45) is 0 Å². The Kier molecular flexibility index (Phi) is 6.04. The van der Waals surface area contributed by atoms with Gasteiger partial charge >= 0.3 is 0 Å². The maximum Gasteiger partial charge on any atom is 0.124 e. The van der Waals surface area contributed by atoms with Gasteiger partial charge in [0.05, 0.1) is 12.2 Å². The van der Waals surface area contributed by atoms with Gasteiger partial charge in [-0.15, -0.1) is 0 Å². The molecule has 0 fully saturated rings. The molecular weight excluding hydrogens is 224 g/mol. The summed E-state index contributed by atoms with van der Waals surface area (Å²) in [5, 5.41) is 19.7. The molecule has 0 aromatic carbocycles. The van der Waals surface area contributed by atoms with Crippen molar-refractivity contribution in [1.82, 2.24) is 0 Å². The molecule has 0 rings (SSSR count). The van der Waals surface area contributed by atoms with Crippen molar-refractivity contribution in [2.75, 3.05) is 21.3 Å². The fraction of sp³-hybridized carbons (Fsp3) is 1.00. The van der Waals surface area contributed by atoms with Crippen LogP contribution in [0.1, 0.15) is 27.7 Å². The van der Waals surface area contributed by atoms with Crippen LogP contribution in [-0.2, 0) is 14.2 Å². The van der Waals surface area contributed by atoms with E-state index in [1.165, 1.54) is 21.1 Å². The maximum atomic E-state index is 10.1. The number of aliphatic hydroxyl groups excluding tert-OH is 2. The van der Waals surface area contributed by atoms with Gasteiger partial charge in [0, 0.05) is 21.3 Å². The molecule has 5 unspecified atom stereocenters. The van der Waals surface area contributed by atoms with E-state index in [9.17, 15) is 10.2 Å². The third kappa shape index (κ3) is 2.80. The minimum atomic E-state index is -1.09. The molecule has 2 N–H and O–H groups in total. The van der Waals surface area contributed by atoms with Crippen molar-refractivity contribution >= 4 is 0 Å². The zero-order valence-corrected chi connectivity index (χ0v) is 11.9. The first kappa shape index (κ1) is 16.8. The molecular formula is C12H26O5. The number of ether oxygens (including phenoxy) is 3. The van der Waals surface area contributed by atoms with Gasteiger partial charge in [-0.25, -0.2) is 0 Å². The molecule has 0 aliphatic heterocycles. The number of hydrogen-bond acceptors (Lipinski definition) is 5. The highest BCUT2D eigenvalue weighted by Crippen LogP contribution is 2.37. The Morgan fingerprint density at radius 1 is 0.882 bits per heavy atom. The van der Waals surface area contributed by atoms with E-state index in [1.807, 2.05) is 6.92 Å². The van der Waals surface area contributed by atoms with Crippen LogP contribution in [0.2, 0.25) is 0 Å². The lowest BCUT2D eigenvalue weighted by Gasteiger charge is -2.50. The summed E-state index contributed by atoms with van der Waals surface area (Å²) in [6, 6.07) is 0. The van der Waals surface area contributed by atoms with Gasteiger partial charge in [-0.05, 0) is 27.7 Å². The lowest BCUT2D eigenvalue weighted by Crippen LogP contribution is -2.67. The first-order valence-corrected chi connectivity index (χ1v) is 5.70. The lowest BCUT2D eigenvalue weighted by atomic mass is 9.76. The van der Waals surface area contributed by atoms with E-state index in [0.29, 0.717) is 0 Å². The molecule has 0 aromatic rings. The molecule has 0 bridgehead atoms. The molecule has 0 aliphatic rings. The van der Waals surface area contributed by atoms with Gasteiger partial charge in [0.15, 0.2) is 0 Å². The van der Waals surface area contributed by atoms with E-state index < -0.39 is 23.4 Å². The average molecular weight is 250 g/mol. The number of aliphatic hydroxyl groups is 2. The predicted molar refractivity (Wildman–Crippen MR) is 65.0 cm³/mol. The minimum Gasteiger partial charge on any atom is -0.391 e. The van der Waals surface area contributed by atoms with Crippen LogP contribution in [-0.4, -0.2) is 61.1 Å². The number of rotatable bonds is 7. The van der Waals surface area contributed by atoms with Crippen molar-refractivity contribution in [3.63, 3.8) is 0 Å². The normalized spacial score (nSPS) is 24.5. The van der Waals surface area contributed by atoms with E-state index in [0.717, 1.165) is 0 Å². The third-order valence-electron chi connectivity index (χ3n) is 3.98. The Balaban J connectivity index is 5.44. The summed E-state index contributed by atoms with van der Waals surface area (Å²) < 4.78 is 16.2. The Bertz CT molecular complexity index is 233. The lowest BCUT2D eigenvalue weighted by molar-refractivity contribution is -0.259. The Labute approximate surface area is 104 Å². The summed E-state index contributed by atoms with van der Waals surface area (Å²) in [4.78, 5) is 0. The van der Waals surface area contributed by atoms with Gasteiger partial charge in [0.25, 0.3) is 0 Å². The maximum absolute atomic E-state index is 10.1. The second-order valence-electron chi connectivity index (χ2n) is 4.69. The van der Waals surface area contributed by atoms with Gasteiger partial charge in [-0.1, -0.05) is 0 Å². The minimum absolute atomic E-state index is 0.314. The van der Waals surface area contributed by atoms with Crippen LogP contribution in [0, 0.1) is 0 Å². The fourth-order valence-corrected chi connectivity index (χ4v) is 2.07. The van der Waals surface area contributed by atoms with Gasteiger partial charge in [0.2, 0.25) is 0 Å². The SMILES string of the molecule is COC(C)C(C)(OC)C(C)(OC)C(O)C(C)O. The molecule has 5 nitrogen and oxygen atoms in total. The van der Waals surface area contributed by atoms with Crippen LogP contribution in [0.4, 0.5) is 0 Å². The Morgan fingerprint density at radius 3 is 1.53 bits per heavy atom. The van der Waals surface area contributed by atoms with Crippen molar-refractivity contribution < 1.29 is 24.4 Å². The Morgan fingerprint density at radius 2 is 1.29 bits per heavy atom. The second kappa shape index (κ2) is 6.11. The summed E-state index contributed by atoms with van der Waals surface area (Å²) in [5.74, 6) is 0. The molecule has 0 radical (unpaired) electrons. The summed E-state index contributed by atoms with van der Waals surface area (Å²) in [7, 11) is 4.57. The number of hydrogen-bond donors (Lipinski definition) is 2. The Hall–Kier alpha value is -0.200. The van der Waals surface area contributed by atoms with E-state index in [1.54, 1.807) is 21.0 Å². The highest BCUT2D eigenvalue weighted by Gasteiger charge is 2.55. The summed E-state index contributed by atoms with van der Waals surface area (Å²) >= 11 is 0. The van der Waals surface area contributed by atoms with Gasteiger partial charge in [-0.2, -0.15) is 0 Å². The standard InChI is InChI=1S/C12H26O5/c1-8(13)10(14)12(4,17-7)11(3,16-6)9(2)15-5/h8-10,13-14H,1-7H3. The topological polar surface area (TPSA) is 68.2 Å². The molecule has 0 saturated heterocycles. The largest absolute Gasteiger partial charge is 0.391 e. The van der Waals surface area contributed by atoms with Crippen molar-refractivity contribution in [3.05, 3.63) is 0 Å². The molecule has 0 aliphatic carbocycles. The van der Waals surface area contributed by atoms with Crippen LogP contribution >= 0.6 is 0 Å². The van der Waals surface area contributed by atoms with Crippen LogP contribution in [0.25, 0.3) is 0 Å². The van der Waals surface area contributed by atoms with Gasteiger partial charge in [-0.3, -0.25) is 0 Å². The van der Waals surface area contributed by atoms with Crippen LogP contribution in [0.15, 0.2) is 0 Å². The van der Waals surface area contributed by atoms with Gasteiger partial charge in [0.1, 0.15) is 17.3 Å². The molecule has 0 aromatic heterocycles. The smallest absolute Gasteiger partial charge is 0.124 e.